The minimum Gasteiger partial charge on any atom is -0.347 e. The molecule has 1 aromatic rings. The Morgan fingerprint density at radius 1 is 1.50 bits per heavy atom. The third-order valence-electron chi connectivity index (χ3n) is 2.84. The summed E-state index contributed by atoms with van der Waals surface area (Å²) in [6, 6.07) is 4.02. The predicted molar refractivity (Wildman–Crippen MR) is 73.4 cm³/mol. The molecule has 0 aliphatic carbocycles. The van der Waals surface area contributed by atoms with Crippen LogP contribution < -0.4 is 5.32 Å². The lowest BCUT2D eigenvalue weighted by Gasteiger charge is -2.24. The van der Waals surface area contributed by atoms with Crippen molar-refractivity contribution < 1.29 is 9.59 Å². The van der Waals surface area contributed by atoms with Crippen molar-refractivity contribution in [3.63, 3.8) is 0 Å². The monoisotopic (exact) mass is 268 g/mol. The minimum atomic E-state index is -0.0691. The van der Waals surface area contributed by atoms with Gasteiger partial charge < -0.3 is 10.2 Å². The quantitative estimate of drug-likeness (QED) is 0.859. The number of hydrogen-bond acceptors (Lipinski definition) is 3. The van der Waals surface area contributed by atoms with Gasteiger partial charge >= 0.3 is 0 Å². The summed E-state index contributed by atoms with van der Waals surface area (Å²) < 4.78 is 0. The number of rotatable bonds is 6. The van der Waals surface area contributed by atoms with Crippen LogP contribution >= 0.6 is 11.3 Å². The number of likely N-dealkylation sites (N-methyl/N-ethyl adjacent to an activating group) is 1. The smallest absolute Gasteiger partial charge is 0.242 e. The van der Waals surface area contributed by atoms with Gasteiger partial charge in [0.2, 0.25) is 11.8 Å². The van der Waals surface area contributed by atoms with Gasteiger partial charge in [-0.15, -0.1) is 11.3 Å². The van der Waals surface area contributed by atoms with Crippen LogP contribution in [0, 0.1) is 0 Å². The van der Waals surface area contributed by atoms with Gasteiger partial charge in [0.25, 0.3) is 0 Å². The van der Waals surface area contributed by atoms with Crippen molar-refractivity contribution in [1.29, 1.82) is 0 Å². The van der Waals surface area contributed by atoms with E-state index in [1.165, 1.54) is 0 Å². The topological polar surface area (TPSA) is 49.4 Å². The van der Waals surface area contributed by atoms with E-state index in [-0.39, 0.29) is 24.4 Å². The first-order valence-corrected chi connectivity index (χ1v) is 7.00. The molecule has 1 atom stereocenters. The molecule has 0 spiro atoms. The van der Waals surface area contributed by atoms with E-state index in [1.54, 1.807) is 23.3 Å². The van der Waals surface area contributed by atoms with Gasteiger partial charge in [0.15, 0.2) is 0 Å². The third-order valence-corrected chi connectivity index (χ3v) is 3.89. The van der Waals surface area contributed by atoms with Gasteiger partial charge in [0.05, 0.1) is 12.6 Å². The highest BCUT2D eigenvalue weighted by molar-refractivity contribution is 7.10. The number of thiophene rings is 1. The highest BCUT2D eigenvalue weighted by Gasteiger charge is 2.18. The molecule has 0 aromatic carbocycles. The molecule has 0 aliphatic heterocycles. The van der Waals surface area contributed by atoms with Crippen LogP contribution in [0.2, 0.25) is 0 Å². The van der Waals surface area contributed by atoms with Crippen LogP contribution in [0.15, 0.2) is 17.5 Å². The van der Waals surface area contributed by atoms with E-state index in [9.17, 15) is 9.59 Å². The molecule has 2 amide bonds. The summed E-state index contributed by atoms with van der Waals surface area (Å²) in [4.78, 5) is 26.0. The fraction of sp³-hybridized carbons (Fsp3) is 0.538. The maximum atomic E-state index is 11.9. The summed E-state index contributed by atoms with van der Waals surface area (Å²) in [5.74, 6) is -0.136. The van der Waals surface area contributed by atoms with Crippen molar-refractivity contribution in [1.82, 2.24) is 10.2 Å². The van der Waals surface area contributed by atoms with Gasteiger partial charge in [-0.1, -0.05) is 13.0 Å². The molecule has 0 aliphatic rings. The Labute approximate surface area is 112 Å². The van der Waals surface area contributed by atoms with E-state index in [1.807, 2.05) is 31.4 Å². The summed E-state index contributed by atoms with van der Waals surface area (Å²) in [6.45, 7) is 4.00. The summed E-state index contributed by atoms with van der Waals surface area (Å²) in [5, 5.41) is 4.63. The Bertz CT molecular complexity index is 390. The molecule has 0 fully saturated rings. The summed E-state index contributed by atoms with van der Waals surface area (Å²) in [5.41, 5.74) is 0. The molecule has 4 nitrogen and oxygen atoms in total. The molecule has 0 saturated heterocycles. The molecule has 1 aromatic heterocycles. The third kappa shape index (κ3) is 4.14. The average Bonchev–Trinajstić information content (AvgIpc) is 2.88. The summed E-state index contributed by atoms with van der Waals surface area (Å²) in [7, 11) is 1.76. The number of carbonyl (C=O) groups excluding carboxylic acids is 2. The van der Waals surface area contributed by atoms with E-state index >= 15 is 0 Å². The van der Waals surface area contributed by atoms with Gasteiger partial charge in [-0.3, -0.25) is 9.59 Å². The zero-order valence-electron chi connectivity index (χ0n) is 11.1. The van der Waals surface area contributed by atoms with Crippen molar-refractivity contribution in [2.45, 2.75) is 32.7 Å². The van der Waals surface area contributed by atoms with Crippen LogP contribution in [-0.4, -0.2) is 30.3 Å². The van der Waals surface area contributed by atoms with E-state index in [0.717, 1.165) is 11.3 Å². The number of nitrogens with one attached hydrogen (secondary N) is 1. The normalized spacial score (nSPS) is 11.9. The first-order valence-electron chi connectivity index (χ1n) is 6.12. The fourth-order valence-corrected chi connectivity index (χ4v) is 2.38. The van der Waals surface area contributed by atoms with Gasteiger partial charge in [0, 0.05) is 18.3 Å². The van der Waals surface area contributed by atoms with Gasteiger partial charge in [-0.2, -0.15) is 0 Å². The van der Waals surface area contributed by atoms with Crippen LogP contribution in [-0.2, 0) is 9.59 Å². The van der Waals surface area contributed by atoms with Crippen LogP contribution in [0.3, 0.4) is 0 Å². The lowest BCUT2D eigenvalue weighted by atomic mass is 10.2. The zero-order chi connectivity index (χ0) is 13.5. The number of nitrogens with zero attached hydrogens (tertiary/aromatic N) is 1. The summed E-state index contributed by atoms with van der Waals surface area (Å²) >= 11 is 1.63. The Hall–Kier alpha value is -1.36. The highest BCUT2D eigenvalue weighted by atomic mass is 32.1. The van der Waals surface area contributed by atoms with E-state index < -0.39 is 0 Å². The maximum Gasteiger partial charge on any atom is 0.242 e. The second-order valence-electron chi connectivity index (χ2n) is 4.22. The molecule has 0 saturated carbocycles. The summed E-state index contributed by atoms with van der Waals surface area (Å²) in [6.07, 6.45) is 1.26. The molecule has 100 valence electrons. The van der Waals surface area contributed by atoms with Crippen molar-refractivity contribution in [3.8, 4) is 0 Å². The van der Waals surface area contributed by atoms with Crippen LogP contribution in [0.1, 0.15) is 37.6 Å². The first-order chi connectivity index (χ1) is 8.56. The van der Waals surface area contributed by atoms with Gasteiger partial charge in [-0.25, -0.2) is 0 Å². The molecule has 0 radical (unpaired) electrons. The van der Waals surface area contributed by atoms with E-state index in [0.29, 0.717) is 6.42 Å². The van der Waals surface area contributed by atoms with Crippen molar-refractivity contribution in [2.24, 2.45) is 0 Å². The Kier molecular flexibility index (Phi) is 5.85. The SMILES string of the molecule is CCCC(=O)NCC(=O)N(C)C(C)c1cccs1. The Morgan fingerprint density at radius 2 is 2.22 bits per heavy atom. The number of hydrogen-bond donors (Lipinski definition) is 1. The van der Waals surface area contributed by atoms with Gasteiger partial charge in [-0.05, 0) is 24.8 Å². The first kappa shape index (κ1) is 14.7. The standard InChI is InChI=1S/C13H20N2O2S/c1-4-6-12(16)14-9-13(17)15(3)10(2)11-7-5-8-18-11/h5,7-8,10H,4,6,9H2,1-3H3,(H,14,16). The molecular formula is C13H20N2O2S. The fourth-order valence-electron chi connectivity index (χ4n) is 1.55. The number of amides is 2. The minimum absolute atomic E-state index is 0.0422. The second kappa shape index (κ2) is 7.16. The Balaban J connectivity index is 2.44. The largest absolute Gasteiger partial charge is 0.347 e. The van der Waals surface area contributed by atoms with Crippen LogP contribution in [0.5, 0.6) is 0 Å². The second-order valence-corrected chi connectivity index (χ2v) is 5.20. The lowest BCUT2D eigenvalue weighted by molar-refractivity contribution is -0.133. The van der Waals surface area contributed by atoms with Crippen molar-refractivity contribution in [2.75, 3.05) is 13.6 Å². The Morgan fingerprint density at radius 3 is 2.78 bits per heavy atom. The molecule has 18 heavy (non-hydrogen) atoms. The van der Waals surface area contributed by atoms with Crippen molar-refractivity contribution in [3.05, 3.63) is 22.4 Å². The molecule has 0 bridgehead atoms. The number of carbonyl (C=O) groups is 2. The van der Waals surface area contributed by atoms with Crippen LogP contribution in [0.25, 0.3) is 0 Å². The molecule has 1 rings (SSSR count). The maximum absolute atomic E-state index is 11.9. The highest BCUT2D eigenvalue weighted by Crippen LogP contribution is 2.23. The predicted octanol–water partition coefficient (Wildman–Crippen LogP) is 2.18. The van der Waals surface area contributed by atoms with Gasteiger partial charge in [0.1, 0.15) is 0 Å². The molecule has 1 N–H and O–H groups in total. The van der Waals surface area contributed by atoms with E-state index in [4.69, 9.17) is 0 Å². The van der Waals surface area contributed by atoms with E-state index in [2.05, 4.69) is 5.32 Å². The lowest BCUT2D eigenvalue weighted by Crippen LogP contribution is -2.39. The molecule has 1 heterocycles. The molecule has 5 heteroatoms. The molecule has 1 unspecified atom stereocenters. The zero-order valence-corrected chi connectivity index (χ0v) is 11.9. The van der Waals surface area contributed by atoms with Crippen LogP contribution in [0.4, 0.5) is 0 Å². The average molecular weight is 268 g/mol. The molecular weight excluding hydrogens is 248 g/mol. The van der Waals surface area contributed by atoms with Crippen molar-refractivity contribution >= 4 is 23.2 Å².